The highest BCUT2D eigenvalue weighted by Gasteiger charge is 2.29. The summed E-state index contributed by atoms with van der Waals surface area (Å²) in [6.07, 6.45) is 1.09. The lowest BCUT2D eigenvalue weighted by Gasteiger charge is -2.16. The van der Waals surface area contributed by atoms with Gasteiger partial charge in [-0.2, -0.15) is 8.78 Å². The standard InChI is InChI=1S/C28H23F4N3O2/c1-3-28(31,32)20-10-7-11-21(15-20)34-26(36)25-17(2)33-16-23(35-25)19-12-13-24(37-27(29)30)22(14-19)18-8-5-4-6-9-18/h4-16,27H,3H2,1-2H3,(H,34,36). The molecule has 4 rings (SSSR count). The van der Waals surface area contributed by atoms with Crippen molar-refractivity contribution < 1.29 is 27.1 Å². The molecule has 0 unspecified atom stereocenters. The first-order valence-electron chi connectivity index (χ1n) is 11.5. The van der Waals surface area contributed by atoms with E-state index in [9.17, 15) is 22.4 Å². The first-order valence-corrected chi connectivity index (χ1v) is 11.5. The number of halogens is 4. The van der Waals surface area contributed by atoms with Crippen molar-refractivity contribution >= 4 is 11.6 Å². The van der Waals surface area contributed by atoms with Crippen LogP contribution in [0, 0.1) is 6.92 Å². The molecule has 0 spiro atoms. The molecular weight excluding hydrogens is 486 g/mol. The molecule has 0 saturated heterocycles. The van der Waals surface area contributed by atoms with Crippen molar-refractivity contribution in [3.05, 3.63) is 95.9 Å². The van der Waals surface area contributed by atoms with Crippen molar-refractivity contribution in [2.24, 2.45) is 0 Å². The number of benzene rings is 3. The van der Waals surface area contributed by atoms with Crippen LogP contribution < -0.4 is 10.1 Å². The second-order valence-corrected chi connectivity index (χ2v) is 8.24. The number of rotatable bonds is 8. The maximum absolute atomic E-state index is 14.1. The summed E-state index contributed by atoms with van der Waals surface area (Å²) in [6.45, 7) is -0.0218. The maximum atomic E-state index is 14.1. The number of ether oxygens (including phenoxy) is 1. The number of hydrogen-bond acceptors (Lipinski definition) is 4. The van der Waals surface area contributed by atoms with E-state index in [1.165, 1.54) is 43.5 Å². The third-order valence-electron chi connectivity index (χ3n) is 5.73. The Morgan fingerprint density at radius 1 is 1.00 bits per heavy atom. The quantitative estimate of drug-likeness (QED) is 0.250. The molecule has 37 heavy (non-hydrogen) atoms. The van der Waals surface area contributed by atoms with Crippen LogP contribution in [0.15, 0.2) is 79.0 Å². The third kappa shape index (κ3) is 5.94. The van der Waals surface area contributed by atoms with Crippen LogP contribution in [0.25, 0.3) is 22.4 Å². The maximum Gasteiger partial charge on any atom is 0.387 e. The number of nitrogens with zero attached hydrogens (tertiary/aromatic N) is 2. The summed E-state index contributed by atoms with van der Waals surface area (Å²) in [5, 5.41) is 2.60. The Morgan fingerprint density at radius 3 is 2.46 bits per heavy atom. The van der Waals surface area contributed by atoms with Gasteiger partial charge in [-0.1, -0.05) is 49.4 Å². The summed E-state index contributed by atoms with van der Waals surface area (Å²) in [6, 6.07) is 18.9. The number of alkyl halides is 4. The largest absolute Gasteiger partial charge is 0.434 e. The lowest BCUT2D eigenvalue weighted by molar-refractivity contribution is -0.0494. The Bertz CT molecular complexity index is 1410. The highest BCUT2D eigenvalue weighted by atomic mass is 19.3. The van der Waals surface area contributed by atoms with Crippen LogP contribution in [0.1, 0.15) is 35.1 Å². The van der Waals surface area contributed by atoms with Crippen molar-refractivity contribution in [1.82, 2.24) is 9.97 Å². The topological polar surface area (TPSA) is 64.1 Å². The second-order valence-electron chi connectivity index (χ2n) is 8.24. The predicted molar refractivity (Wildman–Crippen MR) is 133 cm³/mol. The van der Waals surface area contributed by atoms with Gasteiger partial charge in [-0.3, -0.25) is 9.78 Å². The Labute approximate surface area is 211 Å². The van der Waals surface area contributed by atoms with Crippen molar-refractivity contribution in [2.75, 3.05) is 5.32 Å². The molecular formula is C28H23F4N3O2. The van der Waals surface area contributed by atoms with Gasteiger partial charge in [-0.05, 0) is 42.8 Å². The summed E-state index contributed by atoms with van der Waals surface area (Å²) >= 11 is 0. The summed E-state index contributed by atoms with van der Waals surface area (Å²) in [7, 11) is 0. The molecule has 0 radical (unpaired) electrons. The van der Waals surface area contributed by atoms with Gasteiger partial charge in [0.2, 0.25) is 0 Å². The van der Waals surface area contributed by atoms with Crippen LogP contribution in [0.2, 0.25) is 0 Å². The molecule has 0 aliphatic heterocycles. The number of carbonyl (C=O) groups is 1. The van der Waals surface area contributed by atoms with Gasteiger partial charge in [-0.15, -0.1) is 0 Å². The third-order valence-corrected chi connectivity index (χ3v) is 5.73. The van der Waals surface area contributed by atoms with Crippen molar-refractivity contribution in [3.8, 4) is 28.1 Å². The SMILES string of the molecule is CCC(F)(F)c1cccc(NC(=O)c2nc(-c3ccc(OC(F)F)c(-c4ccccc4)c3)cnc2C)c1. The number of hydrogen-bond donors (Lipinski definition) is 1. The lowest BCUT2D eigenvalue weighted by atomic mass is 10.0. The Kier molecular flexibility index (Phi) is 7.52. The number of aryl methyl sites for hydroxylation is 1. The van der Waals surface area contributed by atoms with Gasteiger partial charge in [0.1, 0.15) is 11.4 Å². The van der Waals surface area contributed by atoms with E-state index < -0.39 is 18.4 Å². The number of nitrogens with one attached hydrogen (secondary N) is 1. The minimum atomic E-state index is -3.02. The Hall–Kier alpha value is -4.27. The van der Waals surface area contributed by atoms with Gasteiger partial charge >= 0.3 is 6.61 Å². The van der Waals surface area contributed by atoms with E-state index in [4.69, 9.17) is 4.74 Å². The molecule has 0 saturated carbocycles. The van der Waals surface area contributed by atoms with Crippen molar-refractivity contribution in [3.63, 3.8) is 0 Å². The molecule has 190 valence electrons. The zero-order chi connectivity index (χ0) is 26.6. The number of amides is 1. The van der Waals surface area contributed by atoms with Gasteiger partial charge in [0.15, 0.2) is 0 Å². The van der Waals surface area contributed by atoms with E-state index in [-0.39, 0.29) is 29.1 Å². The molecule has 1 amide bonds. The predicted octanol–water partition coefficient (Wildman–Crippen LogP) is 7.47. The van der Waals surface area contributed by atoms with Crippen molar-refractivity contribution in [1.29, 1.82) is 0 Å². The van der Waals surface area contributed by atoms with Crippen molar-refractivity contribution in [2.45, 2.75) is 32.8 Å². The monoisotopic (exact) mass is 509 g/mol. The Balaban J connectivity index is 1.67. The lowest BCUT2D eigenvalue weighted by Crippen LogP contribution is -2.17. The van der Waals surface area contributed by atoms with Gasteiger partial charge < -0.3 is 10.1 Å². The normalized spacial score (nSPS) is 11.4. The smallest absolute Gasteiger partial charge is 0.387 e. The first-order chi connectivity index (χ1) is 17.7. The zero-order valence-electron chi connectivity index (χ0n) is 20.0. The second kappa shape index (κ2) is 10.8. The molecule has 0 aliphatic rings. The molecule has 0 aliphatic carbocycles. The average molecular weight is 510 g/mol. The fourth-order valence-corrected chi connectivity index (χ4v) is 3.75. The van der Waals surface area contributed by atoms with E-state index in [2.05, 4.69) is 15.3 Å². The van der Waals surface area contributed by atoms with Gasteiger partial charge in [0.25, 0.3) is 11.8 Å². The zero-order valence-corrected chi connectivity index (χ0v) is 20.0. The molecule has 5 nitrogen and oxygen atoms in total. The van der Waals surface area contributed by atoms with Gasteiger partial charge in [-0.25, -0.2) is 13.8 Å². The molecule has 1 heterocycles. The minimum Gasteiger partial charge on any atom is -0.434 e. The summed E-state index contributed by atoms with van der Waals surface area (Å²) < 4.78 is 58.9. The van der Waals surface area contributed by atoms with Crippen LogP contribution in [0.5, 0.6) is 5.75 Å². The van der Waals surface area contributed by atoms with Crippen LogP contribution >= 0.6 is 0 Å². The van der Waals surface area contributed by atoms with E-state index in [1.807, 2.05) is 0 Å². The number of carbonyl (C=O) groups excluding carboxylic acids is 1. The van der Waals surface area contributed by atoms with Gasteiger partial charge in [0.05, 0.1) is 17.6 Å². The first kappa shape index (κ1) is 25.8. The number of anilines is 1. The van der Waals surface area contributed by atoms with Crippen LogP contribution in [-0.2, 0) is 5.92 Å². The van der Waals surface area contributed by atoms with E-state index in [1.54, 1.807) is 49.4 Å². The minimum absolute atomic E-state index is 0.000627. The molecule has 3 aromatic carbocycles. The molecule has 1 N–H and O–H groups in total. The summed E-state index contributed by atoms with van der Waals surface area (Å²) in [5.41, 5.74) is 2.24. The van der Waals surface area contributed by atoms with E-state index in [0.29, 0.717) is 28.1 Å². The number of aromatic nitrogens is 2. The summed E-state index contributed by atoms with van der Waals surface area (Å²) in [4.78, 5) is 21.7. The molecule has 4 aromatic rings. The highest BCUT2D eigenvalue weighted by molar-refractivity contribution is 6.03. The fourth-order valence-electron chi connectivity index (χ4n) is 3.75. The Morgan fingerprint density at radius 2 is 1.76 bits per heavy atom. The molecule has 0 bridgehead atoms. The van der Waals surface area contributed by atoms with Crippen LogP contribution in [0.4, 0.5) is 23.2 Å². The molecule has 9 heteroatoms. The molecule has 1 aromatic heterocycles. The summed E-state index contributed by atoms with van der Waals surface area (Å²) in [5.74, 6) is -3.65. The van der Waals surface area contributed by atoms with Crippen LogP contribution in [-0.4, -0.2) is 22.5 Å². The van der Waals surface area contributed by atoms with E-state index in [0.717, 1.165) is 0 Å². The average Bonchev–Trinajstić information content (AvgIpc) is 2.89. The van der Waals surface area contributed by atoms with E-state index >= 15 is 0 Å². The molecule has 0 atom stereocenters. The van der Waals surface area contributed by atoms with Gasteiger partial charge in [0, 0.05) is 28.8 Å². The molecule has 0 fully saturated rings. The highest BCUT2D eigenvalue weighted by Crippen LogP contribution is 2.35. The van der Waals surface area contributed by atoms with Crippen LogP contribution in [0.3, 0.4) is 0 Å². The fraction of sp³-hybridized carbons (Fsp3) is 0.179.